The second kappa shape index (κ2) is 6.58. The number of rotatable bonds is 3. The molecule has 0 aliphatic carbocycles. The van der Waals surface area contributed by atoms with Crippen LogP contribution in [0.3, 0.4) is 0 Å². The minimum atomic E-state index is -0.459. The number of piperazine rings is 1. The number of hydrogen-bond acceptors (Lipinski definition) is 3. The Hall–Kier alpha value is -0.970. The third-order valence-electron chi connectivity index (χ3n) is 2.51. The first-order valence-corrected chi connectivity index (χ1v) is 5.89. The number of hydrogen-bond donors (Lipinski definition) is 0. The van der Waals surface area contributed by atoms with Gasteiger partial charge in [-0.1, -0.05) is 13.3 Å². The largest absolute Gasteiger partial charge is 0.449 e. The predicted octanol–water partition coefficient (Wildman–Crippen LogP) is 1.90. The molecule has 0 aromatic carbocycles. The van der Waals surface area contributed by atoms with E-state index >= 15 is 0 Å². The van der Waals surface area contributed by atoms with Crippen molar-refractivity contribution in [2.45, 2.75) is 19.8 Å². The summed E-state index contributed by atoms with van der Waals surface area (Å²) in [6.45, 7) is 4.44. The second-order valence-corrected chi connectivity index (χ2v) is 4.02. The maximum atomic E-state index is 11.5. The highest BCUT2D eigenvalue weighted by molar-refractivity contribution is 6.62. The van der Waals surface area contributed by atoms with Gasteiger partial charge in [-0.3, -0.25) is 4.79 Å². The molecule has 1 aliphatic rings. The van der Waals surface area contributed by atoms with Crippen molar-refractivity contribution in [2.75, 3.05) is 32.8 Å². The van der Waals surface area contributed by atoms with Crippen LogP contribution in [-0.2, 0) is 4.74 Å². The molecule has 2 amide bonds. The minimum absolute atomic E-state index is 0.296. The van der Waals surface area contributed by atoms with E-state index in [-0.39, 0.29) is 6.09 Å². The van der Waals surface area contributed by atoms with E-state index < -0.39 is 5.37 Å². The maximum absolute atomic E-state index is 11.5. The van der Waals surface area contributed by atoms with Crippen LogP contribution in [0.2, 0.25) is 0 Å². The van der Waals surface area contributed by atoms with Crippen LogP contribution in [0.4, 0.5) is 9.59 Å². The summed E-state index contributed by atoms with van der Waals surface area (Å²) in [5.41, 5.74) is 0. The fraction of sp³-hybridized carbons (Fsp3) is 0.800. The van der Waals surface area contributed by atoms with Gasteiger partial charge in [-0.05, 0) is 18.0 Å². The fourth-order valence-corrected chi connectivity index (χ4v) is 1.63. The lowest BCUT2D eigenvalue weighted by Crippen LogP contribution is -2.49. The van der Waals surface area contributed by atoms with Crippen LogP contribution < -0.4 is 0 Å². The first-order valence-electron chi connectivity index (χ1n) is 5.51. The molecular formula is C10H17ClN2O3. The molecule has 0 radical (unpaired) electrons. The van der Waals surface area contributed by atoms with E-state index in [0.717, 1.165) is 12.8 Å². The van der Waals surface area contributed by atoms with Crippen molar-refractivity contribution < 1.29 is 14.3 Å². The zero-order valence-electron chi connectivity index (χ0n) is 9.45. The molecule has 0 bridgehead atoms. The molecule has 0 atom stereocenters. The molecule has 1 aliphatic heterocycles. The average molecular weight is 249 g/mol. The summed E-state index contributed by atoms with van der Waals surface area (Å²) >= 11 is 5.34. The molecule has 16 heavy (non-hydrogen) atoms. The summed E-state index contributed by atoms with van der Waals surface area (Å²) in [7, 11) is 0. The predicted molar refractivity (Wildman–Crippen MR) is 60.7 cm³/mol. The summed E-state index contributed by atoms with van der Waals surface area (Å²) in [4.78, 5) is 25.5. The molecule has 1 rings (SSSR count). The van der Waals surface area contributed by atoms with Gasteiger partial charge in [0.05, 0.1) is 6.61 Å². The molecule has 0 unspecified atom stereocenters. The highest BCUT2D eigenvalue weighted by Crippen LogP contribution is 2.06. The van der Waals surface area contributed by atoms with Gasteiger partial charge in [0.2, 0.25) is 0 Å². The smallest absolute Gasteiger partial charge is 0.409 e. The van der Waals surface area contributed by atoms with Crippen LogP contribution in [0.1, 0.15) is 19.8 Å². The van der Waals surface area contributed by atoms with E-state index in [1.165, 1.54) is 4.90 Å². The quantitative estimate of drug-likeness (QED) is 0.435. The third-order valence-corrected chi connectivity index (χ3v) is 2.75. The number of unbranched alkanes of at least 4 members (excludes halogenated alkanes) is 1. The van der Waals surface area contributed by atoms with E-state index in [4.69, 9.17) is 16.3 Å². The molecule has 6 heteroatoms. The Labute approximate surface area is 100 Å². The van der Waals surface area contributed by atoms with E-state index in [1.54, 1.807) is 4.90 Å². The Bertz CT molecular complexity index is 252. The van der Waals surface area contributed by atoms with Crippen molar-refractivity contribution in [3.8, 4) is 0 Å². The number of amides is 2. The summed E-state index contributed by atoms with van der Waals surface area (Å²) in [6.07, 6.45) is 1.59. The Balaban J connectivity index is 2.25. The number of halogens is 1. The van der Waals surface area contributed by atoms with Crippen molar-refractivity contribution in [2.24, 2.45) is 0 Å². The lowest BCUT2D eigenvalue weighted by Gasteiger charge is -2.32. The summed E-state index contributed by atoms with van der Waals surface area (Å²) in [5.74, 6) is 0. The first-order chi connectivity index (χ1) is 7.65. The van der Waals surface area contributed by atoms with Gasteiger partial charge in [-0.15, -0.1) is 0 Å². The molecule has 0 aromatic heterocycles. The van der Waals surface area contributed by atoms with E-state index in [1.807, 2.05) is 6.92 Å². The van der Waals surface area contributed by atoms with Gasteiger partial charge in [0.15, 0.2) is 0 Å². The molecular weight excluding hydrogens is 232 g/mol. The van der Waals surface area contributed by atoms with Gasteiger partial charge < -0.3 is 14.5 Å². The molecule has 0 spiro atoms. The molecule has 0 N–H and O–H groups in total. The highest BCUT2D eigenvalue weighted by atomic mass is 35.5. The Morgan fingerprint density at radius 2 is 1.75 bits per heavy atom. The summed E-state index contributed by atoms with van der Waals surface area (Å²) in [5, 5.41) is -0.459. The van der Waals surface area contributed by atoms with Crippen LogP contribution in [-0.4, -0.2) is 54.0 Å². The number of carbonyl (C=O) groups is 2. The Kier molecular flexibility index (Phi) is 5.38. The van der Waals surface area contributed by atoms with Gasteiger partial charge in [-0.25, -0.2) is 4.79 Å². The third kappa shape index (κ3) is 3.89. The van der Waals surface area contributed by atoms with Crippen LogP contribution in [0.15, 0.2) is 0 Å². The van der Waals surface area contributed by atoms with Crippen molar-refractivity contribution in [3.05, 3.63) is 0 Å². The lowest BCUT2D eigenvalue weighted by atomic mass is 10.3. The SMILES string of the molecule is CCCCOC(=O)N1CCN(C(=O)Cl)CC1. The normalized spacial score (nSPS) is 16.1. The second-order valence-electron chi connectivity index (χ2n) is 3.69. The van der Waals surface area contributed by atoms with Crippen molar-refractivity contribution >= 4 is 23.1 Å². The van der Waals surface area contributed by atoms with Gasteiger partial charge in [-0.2, -0.15) is 0 Å². The zero-order valence-corrected chi connectivity index (χ0v) is 10.2. The van der Waals surface area contributed by atoms with Crippen LogP contribution >= 0.6 is 11.6 Å². The fourth-order valence-electron chi connectivity index (χ4n) is 1.46. The number of nitrogens with zero attached hydrogens (tertiary/aromatic N) is 2. The molecule has 0 saturated carbocycles. The van der Waals surface area contributed by atoms with Crippen molar-refractivity contribution in [3.63, 3.8) is 0 Å². The average Bonchev–Trinajstić information content (AvgIpc) is 2.29. The maximum Gasteiger partial charge on any atom is 0.409 e. The zero-order chi connectivity index (χ0) is 12.0. The van der Waals surface area contributed by atoms with Crippen LogP contribution in [0.25, 0.3) is 0 Å². The number of carbonyl (C=O) groups excluding carboxylic acids is 2. The topological polar surface area (TPSA) is 49.9 Å². The standard InChI is InChI=1S/C10H17ClN2O3/c1-2-3-8-16-10(15)13-6-4-12(5-7-13)9(11)14/h2-8H2,1H3. The van der Waals surface area contributed by atoms with E-state index in [0.29, 0.717) is 32.8 Å². The van der Waals surface area contributed by atoms with E-state index in [2.05, 4.69) is 0 Å². The van der Waals surface area contributed by atoms with Gasteiger partial charge >= 0.3 is 11.5 Å². The molecule has 1 fully saturated rings. The first kappa shape index (κ1) is 13.1. The number of ether oxygens (including phenoxy) is 1. The van der Waals surface area contributed by atoms with E-state index in [9.17, 15) is 9.59 Å². The van der Waals surface area contributed by atoms with Crippen molar-refractivity contribution in [1.29, 1.82) is 0 Å². The van der Waals surface area contributed by atoms with Gasteiger partial charge in [0.1, 0.15) is 0 Å². The molecule has 1 saturated heterocycles. The molecule has 5 nitrogen and oxygen atoms in total. The van der Waals surface area contributed by atoms with Crippen LogP contribution in [0, 0.1) is 0 Å². The Morgan fingerprint density at radius 1 is 1.19 bits per heavy atom. The lowest BCUT2D eigenvalue weighted by molar-refractivity contribution is 0.0833. The summed E-state index contributed by atoms with van der Waals surface area (Å²) in [6, 6.07) is 0. The monoisotopic (exact) mass is 248 g/mol. The highest BCUT2D eigenvalue weighted by Gasteiger charge is 2.23. The van der Waals surface area contributed by atoms with Gasteiger partial charge in [0, 0.05) is 26.2 Å². The van der Waals surface area contributed by atoms with Crippen molar-refractivity contribution in [1.82, 2.24) is 9.80 Å². The molecule has 0 aromatic rings. The Morgan fingerprint density at radius 3 is 2.25 bits per heavy atom. The van der Waals surface area contributed by atoms with Gasteiger partial charge in [0.25, 0.3) is 0 Å². The summed E-state index contributed by atoms with van der Waals surface area (Å²) < 4.78 is 5.07. The molecule has 92 valence electrons. The van der Waals surface area contributed by atoms with Crippen LogP contribution in [0.5, 0.6) is 0 Å². The minimum Gasteiger partial charge on any atom is -0.449 e. The molecule has 1 heterocycles.